The number of nitrogens with one attached hydrogen (secondary N) is 3. The van der Waals surface area contributed by atoms with Crippen LogP contribution in [-0.4, -0.2) is 90.2 Å². The molecule has 0 spiro atoms. The van der Waals surface area contributed by atoms with E-state index in [-0.39, 0.29) is 42.9 Å². The molecule has 55 heavy (non-hydrogen) atoms. The van der Waals surface area contributed by atoms with E-state index in [9.17, 15) is 23.7 Å². The van der Waals surface area contributed by atoms with Crippen LogP contribution in [0.2, 0.25) is 0 Å². The van der Waals surface area contributed by atoms with Crippen LogP contribution in [0, 0.1) is 0 Å². The van der Waals surface area contributed by atoms with Crippen molar-refractivity contribution in [2.75, 3.05) is 37.6 Å². The van der Waals surface area contributed by atoms with Crippen molar-refractivity contribution in [3.05, 3.63) is 83.2 Å². The quantitative estimate of drug-likeness (QED) is 0.0830. The summed E-state index contributed by atoms with van der Waals surface area (Å²) in [5.41, 5.74) is 7.74. The van der Waals surface area contributed by atoms with Crippen LogP contribution in [0.5, 0.6) is 0 Å². The number of carbonyl (C=O) groups is 4. The van der Waals surface area contributed by atoms with Gasteiger partial charge in [0, 0.05) is 36.8 Å². The van der Waals surface area contributed by atoms with E-state index >= 15 is 0 Å². The number of thiophene rings is 1. The zero-order valence-electron chi connectivity index (χ0n) is 31.7. The summed E-state index contributed by atoms with van der Waals surface area (Å²) in [7, 11) is -3.38. The molecule has 15 heteroatoms. The highest BCUT2D eigenvalue weighted by Gasteiger charge is 2.34. The van der Waals surface area contributed by atoms with E-state index in [0.29, 0.717) is 31.7 Å². The largest absolute Gasteiger partial charge is 0.368 e. The molecule has 4 unspecified atom stereocenters. The number of rotatable bonds is 20. The van der Waals surface area contributed by atoms with Crippen molar-refractivity contribution < 1.29 is 32.8 Å². The monoisotopic (exact) mass is 809 g/mol. The van der Waals surface area contributed by atoms with Gasteiger partial charge in [-0.2, -0.15) is 0 Å². The molecule has 4 atom stereocenters. The zero-order valence-corrected chi connectivity index (χ0v) is 34.2. The Morgan fingerprint density at radius 2 is 1.65 bits per heavy atom. The minimum Gasteiger partial charge on any atom is -0.368 e. The number of piperidine rings is 1. The third-order valence-electron chi connectivity index (χ3n) is 9.53. The maximum Gasteiger partial charge on any atom is 0.340 e. The van der Waals surface area contributed by atoms with Gasteiger partial charge in [-0.25, -0.2) is 0 Å². The van der Waals surface area contributed by atoms with Crippen molar-refractivity contribution in [1.82, 2.24) is 20.9 Å². The first-order valence-electron chi connectivity index (χ1n) is 18.8. The van der Waals surface area contributed by atoms with E-state index in [1.165, 1.54) is 18.7 Å². The highest BCUT2D eigenvalue weighted by atomic mass is 32.2. The standard InChI is InChI=1S/C40H52N5O7PS2/c1-4-51-53(50,52-5-2)26-54-25-32(43-39(48)35(42-27(3)46)22-31-24-55-37-16-9-8-14-33(31)37)23-45-19-11-10-15-36(45)40(49)44-34(38(41)47)21-28-17-18-29-12-6-7-13-30(29)20-28/h6-9,12-14,16-18,20,24,32,34-36H,4-5,10-11,15,19,21-23,25-26H2,1-3H3,(H2,41,47)(H,42,46)(H,43,48)(H,44,49). The molecule has 1 fully saturated rings. The summed E-state index contributed by atoms with van der Waals surface area (Å²) in [6.07, 6.45) is 2.76. The second-order valence-corrected chi connectivity index (χ2v) is 18.1. The van der Waals surface area contributed by atoms with Crippen molar-refractivity contribution in [2.45, 2.75) is 77.0 Å². The van der Waals surface area contributed by atoms with Crippen molar-refractivity contribution in [2.24, 2.45) is 5.73 Å². The number of hydrogen-bond donors (Lipinski definition) is 4. The molecule has 296 valence electrons. The summed E-state index contributed by atoms with van der Waals surface area (Å²) < 4.78 is 25.4. The van der Waals surface area contributed by atoms with Gasteiger partial charge < -0.3 is 30.7 Å². The number of amides is 4. The van der Waals surface area contributed by atoms with E-state index in [2.05, 4.69) is 16.0 Å². The van der Waals surface area contributed by atoms with Gasteiger partial charge in [-0.1, -0.05) is 67.1 Å². The fourth-order valence-electron chi connectivity index (χ4n) is 7.00. The molecule has 3 aromatic carbocycles. The Balaban J connectivity index is 1.33. The third kappa shape index (κ3) is 12.1. The molecule has 12 nitrogen and oxygen atoms in total. The Morgan fingerprint density at radius 1 is 0.927 bits per heavy atom. The van der Waals surface area contributed by atoms with Gasteiger partial charge in [0.05, 0.1) is 30.8 Å². The number of carbonyl (C=O) groups excluding carboxylic acids is 4. The van der Waals surface area contributed by atoms with E-state index in [4.69, 9.17) is 14.8 Å². The summed E-state index contributed by atoms with van der Waals surface area (Å²) in [6.45, 7) is 6.23. The Kier molecular flexibility index (Phi) is 15.7. The second kappa shape index (κ2) is 20.4. The predicted octanol–water partition coefficient (Wildman–Crippen LogP) is 5.61. The molecule has 1 aromatic heterocycles. The Bertz CT molecular complexity index is 1980. The van der Waals surface area contributed by atoms with E-state index in [1.54, 1.807) is 25.2 Å². The van der Waals surface area contributed by atoms with Crippen molar-refractivity contribution >= 4 is 75.2 Å². The molecule has 5 N–H and O–H groups in total. The molecule has 4 aromatic rings. The van der Waals surface area contributed by atoms with Gasteiger partial charge in [0.1, 0.15) is 12.1 Å². The molecule has 4 amide bonds. The molecule has 0 aliphatic carbocycles. The lowest BCUT2D eigenvalue weighted by atomic mass is 9.98. The Hall–Kier alpha value is -3.78. The van der Waals surface area contributed by atoms with Crippen LogP contribution in [0.4, 0.5) is 0 Å². The van der Waals surface area contributed by atoms with Crippen LogP contribution in [0.15, 0.2) is 72.1 Å². The summed E-state index contributed by atoms with van der Waals surface area (Å²) in [5, 5.41) is 14.1. The van der Waals surface area contributed by atoms with Crippen molar-refractivity contribution in [3.8, 4) is 0 Å². The molecule has 0 bridgehead atoms. The molecular formula is C40H52N5O7PS2. The number of fused-ring (bicyclic) bond motifs is 2. The summed E-state index contributed by atoms with van der Waals surface area (Å²) >= 11 is 2.92. The molecule has 1 aliphatic heterocycles. The van der Waals surface area contributed by atoms with E-state index < -0.39 is 37.7 Å². The molecule has 0 radical (unpaired) electrons. The van der Waals surface area contributed by atoms with E-state index in [0.717, 1.165) is 44.8 Å². The van der Waals surface area contributed by atoms with Gasteiger partial charge in [-0.05, 0) is 72.0 Å². The van der Waals surface area contributed by atoms with Gasteiger partial charge in [-0.3, -0.25) is 28.6 Å². The molecule has 2 heterocycles. The van der Waals surface area contributed by atoms with E-state index in [1.807, 2.05) is 77.0 Å². The van der Waals surface area contributed by atoms with Gasteiger partial charge in [0.25, 0.3) is 0 Å². The van der Waals surface area contributed by atoms with Crippen molar-refractivity contribution in [3.63, 3.8) is 0 Å². The van der Waals surface area contributed by atoms with Crippen LogP contribution in [0.25, 0.3) is 20.9 Å². The lowest BCUT2D eigenvalue weighted by Gasteiger charge is -2.38. The smallest absolute Gasteiger partial charge is 0.340 e. The fourth-order valence-corrected chi connectivity index (χ4v) is 11.2. The van der Waals surface area contributed by atoms with Crippen LogP contribution in [-0.2, 0) is 45.6 Å². The normalized spacial score (nSPS) is 16.7. The number of thioether (sulfide) groups is 1. The fraction of sp³-hybridized carbons (Fsp3) is 0.450. The molecule has 0 saturated carbocycles. The number of hydrogen-bond acceptors (Lipinski definition) is 10. The summed E-state index contributed by atoms with van der Waals surface area (Å²) in [6, 6.07) is 18.9. The summed E-state index contributed by atoms with van der Waals surface area (Å²) in [5.74, 6) is -1.29. The lowest BCUT2D eigenvalue weighted by molar-refractivity contribution is -0.132. The maximum atomic E-state index is 14.1. The Labute approximate surface area is 331 Å². The van der Waals surface area contributed by atoms with Gasteiger partial charge >= 0.3 is 7.60 Å². The van der Waals surface area contributed by atoms with Crippen LogP contribution in [0.1, 0.15) is 51.2 Å². The first-order valence-corrected chi connectivity index (χ1v) is 22.5. The second-order valence-electron chi connectivity index (χ2n) is 13.7. The van der Waals surface area contributed by atoms with Gasteiger partial charge in [-0.15, -0.1) is 23.1 Å². The highest BCUT2D eigenvalue weighted by molar-refractivity contribution is 8.04. The first kappa shape index (κ1) is 42.4. The van der Waals surface area contributed by atoms with Crippen LogP contribution >= 0.6 is 30.7 Å². The predicted molar refractivity (Wildman–Crippen MR) is 221 cm³/mol. The number of likely N-dealkylation sites (tertiary alicyclic amines) is 1. The molecule has 5 rings (SSSR count). The molecule has 1 saturated heterocycles. The van der Waals surface area contributed by atoms with Crippen LogP contribution in [0.3, 0.4) is 0 Å². The van der Waals surface area contributed by atoms with Gasteiger partial charge in [0.15, 0.2) is 0 Å². The number of primary amides is 1. The zero-order chi connectivity index (χ0) is 39.4. The lowest BCUT2D eigenvalue weighted by Crippen LogP contribution is -2.58. The van der Waals surface area contributed by atoms with Crippen molar-refractivity contribution in [1.29, 1.82) is 0 Å². The number of nitrogens with zero attached hydrogens (tertiary/aromatic N) is 1. The number of benzene rings is 3. The minimum atomic E-state index is -3.38. The van der Waals surface area contributed by atoms with Crippen LogP contribution < -0.4 is 21.7 Å². The SMILES string of the molecule is CCOP(=O)(CSCC(CN1CCCCC1C(=O)NC(Cc1ccc2ccccc2c1)C(N)=O)NC(=O)C(Cc1csc2ccccc12)NC(C)=O)OCC. The van der Waals surface area contributed by atoms with Gasteiger partial charge in [0.2, 0.25) is 23.6 Å². The topological polar surface area (TPSA) is 169 Å². The average Bonchev–Trinajstić information content (AvgIpc) is 3.56. The maximum absolute atomic E-state index is 14.1. The molecular weight excluding hydrogens is 758 g/mol. The third-order valence-corrected chi connectivity index (χ3v) is 14.5. The summed E-state index contributed by atoms with van der Waals surface area (Å²) in [4.78, 5) is 55.1. The first-order chi connectivity index (χ1) is 26.5. The Morgan fingerprint density at radius 3 is 2.38 bits per heavy atom. The number of nitrogens with two attached hydrogens (primary N) is 1. The highest BCUT2D eigenvalue weighted by Crippen LogP contribution is 2.50. The molecule has 1 aliphatic rings. The average molecular weight is 810 g/mol. The minimum absolute atomic E-state index is 0.0794.